The number of benzene rings is 3. The molecule has 0 saturated heterocycles. The summed E-state index contributed by atoms with van der Waals surface area (Å²) < 4.78 is 17.9. The second kappa shape index (κ2) is 11.3. The molecule has 1 aliphatic heterocycles. The number of hydrogen-bond donors (Lipinski definition) is 2. The Kier molecular flexibility index (Phi) is 7.77. The van der Waals surface area contributed by atoms with Crippen LogP contribution >= 0.6 is 15.9 Å². The number of rotatable bonds is 8. The first-order chi connectivity index (χ1) is 16.6. The van der Waals surface area contributed by atoms with Gasteiger partial charge in [0.25, 0.3) is 11.8 Å². The van der Waals surface area contributed by atoms with Crippen molar-refractivity contribution in [2.24, 2.45) is 5.10 Å². The number of nitrogens with zero attached hydrogens (tertiary/aromatic N) is 1. The van der Waals surface area contributed by atoms with Crippen molar-refractivity contribution in [1.82, 2.24) is 10.7 Å². The third kappa shape index (κ3) is 6.35. The molecule has 0 aliphatic carbocycles. The maximum atomic E-state index is 12.3. The Bertz CT molecular complexity index is 1190. The lowest BCUT2D eigenvalue weighted by Gasteiger charge is -2.25. The molecule has 0 fully saturated rings. The van der Waals surface area contributed by atoms with Gasteiger partial charge in [0, 0.05) is 10.0 Å². The molecule has 4 rings (SSSR count). The topological polar surface area (TPSA) is 98.3 Å². The van der Waals surface area contributed by atoms with Crippen molar-refractivity contribution < 1.29 is 23.8 Å². The van der Waals surface area contributed by atoms with Crippen LogP contribution < -0.4 is 25.0 Å². The monoisotopic (exact) mass is 523 g/mol. The van der Waals surface area contributed by atoms with Crippen LogP contribution in [-0.2, 0) is 16.2 Å². The number of para-hydroxylation sites is 2. The molecule has 2 amide bonds. The largest absolute Gasteiger partial charge is 0.488 e. The van der Waals surface area contributed by atoms with E-state index in [0.29, 0.717) is 29.4 Å². The van der Waals surface area contributed by atoms with E-state index in [-0.39, 0.29) is 13.2 Å². The summed E-state index contributed by atoms with van der Waals surface area (Å²) in [5, 5.41) is 6.51. The Balaban J connectivity index is 1.27. The molecule has 2 N–H and O–H groups in total. The van der Waals surface area contributed by atoms with Crippen LogP contribution in [0.2, 0.25) is 0 Å². The summed E-state index contributed by atoms with van der Waals surface area (Å²) in [6.45, 7) is 0.212. The normalized spacial score (nSPS) is 14.4. The van der Waals surface area contributed by atoms with Crippen LogP contribution in [0.4, 0.5) is 0 Å². The van der Waals surface area contributed by atoms with Crippen molar-refractivity contribution in [3.8, 4) is 17.2 Å². The molecule has 0 aromatic heterocycles. The minimum atomic E-state index is -0.836. The molecule has 3 aromatic rings. The molecule has 1 atom stereocenters. The van der Waals surface area contributed by atoms with E-state index in [1.54, 1.807) is 18.2 Å². The Morgan fingerprint density at radius 2 is 1.82 bits per heavy atom. The first-order valence-electron chi connectivity index (χ1n) is 10.5. The highest BCUT2D eigenvalue weighted by atomic mass is 79.9. The lowest BCUT2D eigenvalue weighted by molar-refractivity contribution is -0.132. The van der Waals surface area contributed by atoms with E-state index >= 15 is 0 Å². The van der Waals surface area contributed by atoms with Gasteiger partial charge in [-0.15, -0.1) is 0 Å². The van der Waals surface area contributed by atoms with Gasteiger partial charge in [0.2, 0.25) is 6.10 Å². The zero-order valence-corrected chi connectivity index (χ0v) is 19.7. The highest BCUT2D eigenvalue weighted by Gasteiger charge is 2.27. The molecular formula is C25H22BrN3O5. The number of fused-ring (bicyclic) bond motifs is 1. The lowest BCUT2D eigenvalue weighted by Crippen LogP contribution is -2.46. The highest BCUT2D eigenvalue weighted by molar-refractivity contribution is 9.10. The molecule has 0 radical (unpaired) electrons. The number of ether oxygens (including phenoxy) is 3. The molecule has 1 unspecified atom stereocenters. The fourth-order valence-electron chi connectivity index (χ4n) is 3.13. The van der Waals surface area contributed by atoms with Gasteiger partial charge >= 0.3 is 0 Å². The van der Waals surface area contributed by atoms with Crippen LogP contribution in [0.5, 0.6) is 17.2 Å². The standard InChI is InChI=1S/C25H22BrN3O5/c26-19-10-11-20(32-15-17-6-2-1-3-7-17)18(12-19)13-28-29-24(30)14-27-25(31)23-16-33-21-8-4-5-9-22(21)34-23/h1-13,23H,14-16H2,(H,27,31)(H,29,30). The van der Waals surface area contributed by atoms with Gasteiger partial charge in [-0.25, -0.2) is 5.43 Å². The molecule has 1 heterocycles. The predicted octanol–water partition coefficient (Wildman–Crippen LogP) is 3.43. The third-order valence-electron chi connectivity index (χ3n) is 4.83. The van der Waals surface area contributed by atoms with Crippen LogP contribution in [0.25, 0.3) is 0 Å². The van der Waals surface area contributed by atoms with Crippen LogP contribution in [0.1, 0.15) is 11.1 Å². The average molecular weight is 524 g/mol. The first kappa shape index (κ1) is 23.3. The van der Waals surface area contributed by atoms with Crippen LogP contribution in [0, 0.1) is 0 Å². The summed E-state index contributed by atoms with van der Waals surface area (Å²) in [4.78, 5) is 24.5. The number of nitrogens with one attached hydrogen (secondary N) is 2. The first-order valence-corrected chi connectivity index (χ1v) is 11.3. The second-order valence-corrected chi connectivity index (χ2v) is 8.25. The second-order valence-electron chi connectivity index (χ2n) is 7.33. The van der Waals surface area contributed by atoms with Gasteiger partial charge in [-0.3, -0.25) is 9.59 Å². The van der Waals surface area contributed by atoms with Crippen molar-refractivity contribution in [1.29, 1.82) is 0 Å². The Hall–Kier alpha value is -3.85. The van der Waals surface area contributed by atoms with E-state index in [0.717, 1.165) is 10.0 Å². The van der Waals surface area contributed by atoms with Gasteiger partial charge in [0.1, 0.15) is 19.0 Å². The highest BCUT2D eigenvalue weighted by Crippen LogP contribution is 2.30. The molecule has 34 heavy (non-hydrogen) atoms. The molecule has 0 bridgehead atoms. The van der Waals surface area contributed by atoms with Crippen molar-refractivity contribution in [2.45, 2.75) is 12.7 Å². The molecule has 174 valence electrons. The van der Waals surface area contributed by atoms with Gasteiger partial charge < -0.3 is 19.5 Å². The van der Waals surface area contributed by atoms with E-state index in [2.05, 4.69) is 31.8 Å². The summed E-state index contributed by atoms with van der Waals surface area (Å²) >= 11 is 3.43. The summed E-state index contributed by atoms with van der Waals surface area (Å²) in [5.74, 6) is 0.759. The zero-order valence-electron chi connectivity index (χ0n) is 18.1. The Labute approximate surface area is 205 Å². The predicted molar refractivity (Wildman–Crippen MR) is 130 cm³/mol. The van der Waals surface area contributed by atoms with Gasteiger partial charge in [-0.2, -0.15) is 5.10 Å². The van der Waals surface area contributed by atoms with Crippen molar-refractivity contribution in [3.63, 3.8) is 0 Å². The molecule has 8 nitrogen and oxygen atoms in total. The van der Waals surface area contributed by atoms with Crippen molar-refractivity contribution >= 4 is 34.0 Å². The maximum Gasteiger partial charge on any atom is 0.265 e. The Morgan fingerprint density at radius 3 is 2.65 bits per heavy atom. The number of carbonyl (C=O) groups is 2. The summed E-state index contributed by atoms with van der Waals surface area (Å²) in [6, 6.07) is 22.4. The molecular weight excluding hydrogens is 502 g/mol. The van der Waals surface area contributed by atoms with E-state index in [1.807, 2.05) is 54.6 Å². The zero-order chi connectivity index (χ0) is 23.8. The number of halogens is 1. The number of amides is 2. The smallest absolute Gasteiger partial charge is 0.265 e. The van der Waals surface area contributed by atoms with E-state index < -0.39 is 17.9 Å². The quantitative estimate of drug-likeness (QED) is 0.348. The molecule has 0 saturated carbocycles. The van der Waals surface area contributed by atoms with Crippen LogP contribution in [0.15, 0.2) is 82.4 Å². The van der Waals surface area contributed by atoms with Gasteiger partial charge in [-0.1, -0.05) is 58.4 Å². The minimum absolute atomic E-state index is 0.0667. The molecule has 1 aliphatic rings. The third-order valence-corrected chi connectivity index (χ3v) is 5.32. The molecule has 0 spiro atoms. The van der Waals surface area contributed by atoms with Crippen molar-refractivity contribution in [2.75, 3.05) is 13.2 Å². The molecule has 3 aromatic carbocycles. The number of hydrazone groups is 1. The number of hydrogen-bond acceptors (Lipinski definition) is 6. The SMILES string of the molecule is O=C(CNC(=O)C1COc2ccccc2O1)NN=Cc1cc(Br)ccc1OCc1ccccc1. The fourth-order valence-corrected chi connectivity index (χ4v) is 3.51. The summed E-state index contributed by atoms with van der Waals surface area (Å²) in [5.41, 5.74) is 4.12. The van der Waals surface area contributed by atoms with Gasteiger partial charge in [0.05, 0.1) is 12.8 Å². The lowest BCUT2D eigenvalue weighted by atomic mass is 10.2. The number of carbonyl (C=O) groups excluding carboxylic acids is 2. The van der Waals surface area contributed by atoms with Crippen molar-refractivity contribution in [3.05, 3.63) is 88.4 Å². The van der Waals surface area contributed by atoms with Crippen LogP contribution in [0.3, 0.4) is 0 Å². The summed E-state index contributed by atoms with van der Waals surface area (Å²) in [7, 11) is 0. The van der Waals surface area contributed by atoms with Gasteiger partial charge in [0.15, 0.2) is 11.5 Å². The van der Waals surface area contributed by atoms with E-state index in [9.17, 15) is 9.59 Å². The average Bonchev–Trinajstić information content (AvgIpc) is 2.87. The van der Waals surface area contributed by atoms with Gasteiger partial charge in [-0.05, 0) is 35.9 Å². The maximum absolute atomic E-state index is 12.3. The summed E-state index contributed by atoms with van der Waals surface area (Å²) in [6.07, 6.45) is 0.650. The van der Waals surface area contributed by atoms with Crippen LogP contribution in [-0.4, -0.2) is 37.3 Å². The van der Waals surface area contributed by atoms with E-state index in [1.165, 1.54) is 6.21 Å². The fraction of sp³-hybridized carbons (Fsp3) is 0.160. The van der Waals surface area contributed by atoms with E-state index in [4.69, 9.17) is 14.2 Å². The Morgan fingerprint density at radius 1 is 1.06 bits per heavy atom. The minimum Gasteiger partial charge on any atom is -0.488 e. The molecule has 9 heteroatoms.